The number of hydrogen-bond donors (Lipinski definition) is 2. The van der Waals surface area contributed by atoms with E-state index in [-0.39, 0.29) is 23.8 Å². The minimum atomic E-state index is -0.239. The van der Waals surface area contributed by atoms with E-state index < -0.39 is 0 Å². The van der Waals surface area contributed by atoms with Crippen LogP contribution >= 0.6 is 11.6 Å². The number of aldehydes is 1. The molecule has 8 nitrogen and oxygen atoms in total. The molecule has 1 aliphatic carbocycles. The number of methoxy groups -OCH3 is 2. The third-order valence-electron chi connectivity index (χ3n) is 6.47. The van der Waals surface area contributed by atoms with E-state index in [1.54, 1.807) is 13.2 Å². The topological polar surface area (TPSA) is 107 Å². The fourth-order valence-corrected chi connectivity index (χ4v) is 4.63. The van der Waals surface area contributed by atoms with Gasteiger partial charge in [-0.15, -0.1) is 0 Å². The minimum absolute atomic E-state index is 0.0372. The van der Waals surface area contributed by atoms with Crippen molar-refractivity contribution in [3.63, 3.8) is 0 Å². The number of hydrogen-bond acceptors (Lipinski definition) is 7. The summed E-state index contributed by atoms with van der Waals surface area (Å²) in [7, 11) is 3.01. The Balaban J connectivity index is 1.58. The summed E-state index contributed by atoms with van der Waals surface area (Å²) in [6, 6.07) is 6.98. The van der Waals surface area contributed by atoms with Gasteiger partial charge in [-0.05, 0) is 62.3 Å². The molecule has 1 heterocycles. The number of ether oxygens (including phenoxy) is 2. The Morgan fingerprint density at radius 2 is 1.94 bits per heavy atom. The van der Waals surface area contributed by atoms with E-state index >= 15 is 0 Å². The van der Waals surface area contributed by atoms with Gasteiger partial charge in [0.05, 0.1) is 36.8 Å². The summed E-state index contributed by atoms with van der Waals surface area (Å²) >= 11 is 6.44. The summed E-state index contributed by atoms with van der Waals surface area (Å²) in [5.41, 5.74) is 2.13. The first-order valence-corrected chi connectivity index (χ1v) is 12.1. The molecule has 1 atom stereocenters. The first-order chi connectivity index (χ1) is 16.9. The maximum absolute atomic E-state index is 12.6. The van der Waals surface area contributed by atoms with Gasteiger partial charge in [0.2, 0.25) is 0 Å². The van der Waals surface area contributed by atoms with Crippen LogP contribution in [0.2, 0.25) is 5.02 Å². The van der Waals surface area contributed by atoms with Crippen molar-refractivity contribution in [3.8, 4) is 5.75 Å². The first-order valence-electron chi connectivity index (χ1n) is 11.7. The lowest BCUT2D eigenvalue weighted by Crippen LogP contribution is -2.32. The van der Waals surface area contributed by atoms with E-state index in [9.17, 15) is 14.4 Å². The smallest absolute Gasteiger partial charge is 0.308 e. The zero-order chi connectivity index (χ0) is 25.4. The standard InChI is InChI=1S/C26H32ClN3O5/c1-16(21-12-17(10-11-31)6-9-23(21)34-2)30-24-22(27)13-20(15-28-24)25(32)29-14-18-4-7-19(8-5-18)26(33)35-3/h6,9,11-13,15-16,18-19H,4-5,7-8,10,14H2,1-3H3,(H,28,30)(H,29,32)/t16?,18-,19-. The summed E-state index contributed by atoms with van der Waals surface area (Å²) in [5.74, 6) is 1.03. The van der Waals surface area contributed by atoms with E-state index in [1.165, 1.54) is 13.3 Å². The van der Waals surface area contributed by atoms with Crippen LogP contribution in [0.15, 0.2) is 30.5 Å². The predicted octanol–water partition coefficient (Wildman–Crippen LogP) is 4.37. The normalized spacial score (nSPS) is 18.3. The average molecular weight is 502 g/mol. The highest BCUT2D eigenvalue weighted by atomic mass is 35.5. The molecule has 1 amide bonds. The molecule has 1 saturated carbocycles. The zero-order valence-corrected chi connectivity index (χ0v) is 21.1. The van der Waals surface area contributed by atoms with Crippen LogP contribution in [-0.2, 0) is 20.7 Å². The van der Waals surface area contributed by atoms with E-state index in [1.807, 2.05) is 25.1 Å². The summed E-state index contributed by atoms with van der Waals surface area (Å²) in [6.07, 6.45) is 5.97. The van der Waals surface area contributed by atoms with Gasteiger partial charge in [0.25, 0.3) is 5.91 Å². The van der Waals surface area contributed by atoms with Crippen LogP contribution in [0.5, 0.6) is 5.75 Å². The van der Waals surface area contributed by atoms with Gasteiger partial charge in [-0.2, -0.15) is 0 Å². The van der Waals surface area contributed by atoms with Gasteiger partial charge >= 0.3 is 5.97 Å². The van der Waals surface area contributed by atoms with Crippen molar-refractivity contribution in [2.75, 3.05) is 26.1 Å². The number of carbonyl (C=O) groups is 3. The Hall–Kier alpha value is -3.13. The van der Waals surface area contributed by atoms with Crippen LogP contribution in [0.3, 0.4) is 0 Å². The molecule has 1 unspecified atom stereocenters. The highest BCUT2D eigenvalue weighted by Crippen LogP contribution is 2.31. The predicted molar refractivity (Wildman–Crippen MR) is 134 cm³/mol. The number of pyridine rings is 1. The molecule has 0 spiro atoms. The molecular weight excluding hydrogens is 470 g/mol. The monoisotopic (exact) mass is 501 g/mol. The maximum Gasteiger partial charge on any atom is 0.308 e. The Bertz CT molecular complexity index is 1050. The lowest BCUT2D eigenvalue weighted by atomic mass is 9.82. The zero-order valence-electron chi connectivity index (χ0n) is 20.3. The van der Waals surface area contributed by atoms with Crippen molar-refractivity contribution in [2.24, 2.45) is 11.8 Å². The lowest BCUT2D eigenvalue weighted by molar-refractivity contribution is -0.146. The van der Waals surface area contributed by atoms with Gasteiger partial charge in [0.15, 0.2) is 0 Å². The Morgan fingerprint density at radius 3 is 2.57 bits per heavy atom. The second kappa shape index (κ2) is 12.5. The van der Waals surface area contributed by atoms with Crippen molar-refractivity contribution < 1.29 is 23.9 Å². The summed E-state index contributed by atoms with van der Waals surface area (Å²) in [4.78, 5) is 39.6. The van der Waals surface area contributed by atoms with Crippen molar-refractivity contribution in [1.82, 2.24) is 10.3 Å². The highest BCUT2D eigenvalue weighted by Gasteiger charge is 2.27. The van der Waals surface area contributed by atoms with E-state index in [2.05, 4.69) is 15.6 Å². The molecule has 9 heteroatoms. The van der Waals surface area contributed by atoms with E-state index in [0.29, 0.717) is 41.0 Å². The average Bonchev–Trinajstić information content (AvgIpc) is 2.88. The second-order valence-corrected chi connectivity index (χ2v) is 9.23. The van der Waals surface area contributed by atoms with E-state index in [4.69, 9.17) is 21.1 Å². The summed E-state index contributed by atoms with van der Waals surface area (Å²) in [5, 5.41) is 6.54. The number of benzene rings is 1. The molecule has 0 bridgehead atoms. The molecule has 0 saturated heterocycles. The highest BCUT2D eigenvalue weighted by molar-refractivity contribution is 6.33. The SMILES string of the molecule is COc1ccc(CC=O)cc1C(C)Nc1ncc(C(=O)NC[C@H]2CC[C@H](C(=O)OC)CC2)cc1Cl. The number of amides is 1. The lowest BCUT2D eigenvalue weighted by Gasteiger charge is -2.27. The number of nitrogens with one attached hydrogen (secondary N) is 2. The second-order valence-electron chi connectivity index (χ2n) is 8.82. The number of halogens is 1. The third-order valence-corrected chi connectivity index (χ3v) is 6.76. The van der Waals surface area contributed by atoms with Crippen molar-refractivity contribution >= 4 is 35.6 Å². The summed E-state index contributed by atoms with van der Waals surface area (Å²) < 4.78 is 10.3. The number of nitrogens with zero attached hydrogens (tertiary/aromatic N) is 1. The maximum atomic E-state index is 12.6. The number of carbonyl (C=O) groups excluding carboxylic acids is 3. The molecule has 1 aliphatic rings. The molecule has 35 heavy (non-hydrogen) atoms. The number of rotatable bonds is 10. The fraction of sp³-hybridized carbons (Fsp3) is 0.462. The van der Waals surface area contributed by atoms with Crippen LogP contribution in [-0.4, -0.2) is 43.9 Å². The Kier molecular flexibility index (Phi) is 9.48. The van der Waals surface area contributed by atoms with Crippen LogP contribution in [0.25, 0.3) is 0 Å². The number of aromatic nitrogens is 1. The quantitative estimate of drug-likeness (QED) is 0.368. The molecule has 1 aromatic heterocycles. The molecule has 0 aliphatic heterocycles. The minimum Gasteiger partial charge on any atom is -0.496 e. The molecule has 0 radical (unpaired) electrons. The van der Waals surface area contributed by atoms with Crippen LogP contribution in [0.1, 0.15) is 60.1 Å². The number of esters is 1. The molecule has 3 rings (SSSR count). The van der Waals surface area contributed by atoms with Crippen LogP contribution in [0, 0.1) is 11.8 Å². The first kappa shape index (κ1) is 26.5. The third kappa shape index (κ3) is 6.94. The molecule has 2 N–H and O–H groups in total. The number of anilines is 1. The van der Waals surface area contributed by atoms with E-state index in [0.717, 1.165) is 43.1 Å². The van der Waals surface area contributed by atoms with Gasteiger partial charge in [0.1, 0.15) is 17.9 Å². The molecule has 2 aromatic rings. The van der Waals surface area contributed by atoms with Crippen LogP contribution in [0.4, 0.5) is 5.82 Å². The van der Waals surface area contributed by atoms with Crippen molar-refractivity contribution in [1.29, 1.82) is 0 Å². The van der Waals surface area contributed by atoms with Gasteiger partial charge < -0.3 is 24.9 Å². The van der Waals surface area contributed by atoms with Gasteiger partial charge in [0, 0.05) is 24.7 Å². The largest absolute Gasteiger partial charge is 0.496 e. The van der Waals surface area contributed by atoms with Gasteiger partial charge in [-0.25, -0.2) is 4.98 Å². The van der Waals surface area contributed by atoms with Crippen molar-refractivity contribution in [2.45, 2.75) is 45.1 Å². The Morgan fingerprint density at radius 1 is 1.20 bits per heavy atom. The Labute approximate surface area is 210 Å². The summed E-state index contributed by atoms with van der Waals surface area (Å²) in [6.45, 7) is 2.48. The molecule has 1 aromatic carbocycles. The molecule has 1 fully saturated rings. The van der Waals surface area contributed by atoms with Crippen LogP contribution < -0.4 is 15.4 Å². The van der Waals surface area contributed by atoms with Gasteiger partial charge in [-0.3, -0.25) is 9.59 Å². The van der Waals surface area contributed by atoms with Gasteiger partial charge in [-0.1, -0.05) is 17.7 Å². The fourth-order valence-electron chi connectivity index (χ4n) is 4.40. The van der Waals surface area contributed by atoms with Crippen molar-refractivity contribution in [3.05, 3.63) is 52.2 Å². The molecular formula is C26H32ClN3O5. The molecule has 188 valence electrons.